The van der Waals surface area contributed by atoms with Gasteiger partial charge in [0.25, 0.3) is 5.91 Å². The van der Waals surface area contributed by atoms with Crippen molar-refractivity contribution in [2.24, 2.45) is 5.92 Å². The van der Waals surface area contributed by atoms with Crippen LogP contribution in [0.1, 0.15) is 51.1 Å². The minimum absolute atomic E-state index is 0.120. The summed E-state index contributed by atoms with van der Waals surface area (Å²) in [6.07, 6.45) is 1.86. The molecule has 0 aliphatic heterocycles. The molecule has 5 nitrogen and oxygen atoms in total. The lowest BCUT2D eigenvalue weighted by Gasteiger charge is -2.21. The van der Waals surface area contributed by atoms with Crippen molar-refractivity contribution >= 4 is 28.6 Å². The Morgan fingerprint density at radius 3 is 2.72 bits per heavy atom. The van der Waals surface area contributed by atoms with Crippen molar-refractivity contribution < 1.29 is 9.53 Å². The lowest BCUT2D eigenvalue weighted by molar-refractivity contribution is 0.0949. The molecule has 0 bridgehead atoms. The highest BCUT2D eigenvalue weighted by molar-refractivity contribution is 7.11. The van der Waals surface area contributed by atoms with E-state index in [4.69, 9.17) is 4.74 Å². The highest BCUT2D eigenvalue weighted by Crippen LogP contribution is 2.21. The maximum absolute atomic E-state index is 12.6. The summed E-state index contributed by atoms with van der Waals surface area (Å²) in [5, 5.41) is 5.83. The van der Waals surface area contributed by atoms with Crippen LogP contribution < -0.4 is 10.1 Å². The van der Waals surface area contributed by atoms with Gasteiger partial charge in [0.05, 0.1) is 13.7 Å². The van der Waals surface area contributed by atoms with E-state index in [0.29, 0.717) is 18.2 Å². The smallest absolute Gasteiger partial charge is 0.270 e. The fourth-order valence-electron chi connectivity index (χ4n) is 3.44. The molecule has 7 heteroatoms. The number of carbonyl (C=O) groups excluding carboxylic acids is 1. The molecule has 172 valence electrons. The molecule has 2 aromatic heterocycles. The first-order valence-corrected chi connectivity index (χ1v) is 12.8. The van der Waals surface area contributed by atoms with Gasteiger partial charge in [-0.25, -0.2) is 4.98 Å². The normalized spacial score (nSPS) is 11.3. The van der Waals surface area contributed by atoms with Crippen LogP contribution in [0.3, 0.4) is 0 Å². The van der Waals surface area contributed by atoms with Crippen LogP contribution in [-0.4, -0.2) is 36.0 Å². The molecule has 0 saturated carbocycles. The second kappa shape index (κ2) is 12.1. The molecule has 1 N–H and O–H groups in total. The van der Waals surface area contributed by atoms with Crippen molar-refractivity contribution in [3.8, 4) is 5.75 Å². The molecule has 0 fully saturated rings. The molecular weight excluding hydrogens is 438 g/mol. The predicted molar refractivity (Wildman–Crippen MR) is 134 cm³/mol. The Morgan fingerprint density at radius 2 is 2.00 bits per heavy atom. The summed E-state index contributed by atoms with van der Waals surface area (Å²) in [5.74, 6) is 1.38. The number of aromatic nitrogens is 1. The van der Waals surface area contributed by atoms with Crippen molar-refractivity contribution in [2.75, 3.05) is 20.2 Å². The number of aryl methyl sites for hydroxylation is 1. The number of carbonyl (C=O) groups is 1. The Kier molecular flexibility index (Phi) is 9.26. The maximum Gasteiger partial charge on any atom is 0.270 e. The average Bonchev–Trinajstić information content (AvgIpc) is 3.41. The van der Waals surface area contributed by atoms with E-state index in [1.807, 2.05) is 41.0 Å². The van der Waals surface area contributed by atoms with Crippen LogP contribution >= 0.6 is 22.7 Å². The minimum Gasteiger partial charge on any atom is -0.496 e. The number of nitrogens with one attached hydrogen (secondary N) is 1. The van der Waals surface area contributed by atoms with Crippen LogP contribution in [0.25, 0.3) is 0 Å². The largest absolute Gasteiger partial charge is 0.496 e. The summed E-state index contributed by atoms with van der Waals surface area (Å²) in [7, 11) is 1.66. The Bertz CT molecular complexity index is 997. The molecular formula is C25H33N3O2S2. The number of methoxy groups -OCH3 is 1. The van der Waals surface area contributed by atoms with Crippen molar-refractivity contribution in [3.05, 3.63) is 67.8 Å². The molecule has 3 aromatic rings. The molecule has 1 aromatic carbocycles. The van der Waals surface area contributed by atoms with Gasteiger partial charge in [-0.2, -0.15) is 0 Å². The van der Waals surface area contributed by atoms with Crippen LogP contribution in [0, 0.1) is 12.8 Å². The third-order valence-corrected chi connectivity index (χ3v) is 7.03. The number of rotatable bonds is 12. The van der Waals surface area contributed by atoms with Crippen LogP contribution in [0.5, 0.6) is 5.75 Å². The number of hydrogen-bond acceptors (Lipinski definition) is 6. The number of hydrogen-bond donors (Lipinski definition) is 1. The van der Waals surface area contributed by atoms with Gasteiger partial charge in [-0.3, -0.25) is 9.69 Å². The SMILES string of the molecule is COc1ccccc1CCNC(=O)c1csc(CN(CCC(C)C)Cc2ccc(C)s2)n1. The van der Waals surface area contributed by atoms with Crippen LogP contribution in [-0.2, 0) is 19.5 Å². The first kappa shape index (κ1) is 24.4. The lowest BCUT2D eigenvalue weighted by Crippen LogP contribution is -2.27. The number of nitrogens with zero attached hydrogens (tertiary/aromatic N) is 2. The Labute approximate surface area is 199 Å². The molecule has 0 atom stereocenters. The molecule has 1 amide bonds. The van der Waals surface area contributed by atoms with Crippen LogP contribution in [0.4, 0.5) is 0 Å². The van der Waals surface area contributed by atoms with E-state index in [0.717, 1.165) is 48.8 Å². The second-order valence-electron chi connectivity index (χ2n) is 8.35. The van der Waals surface area contributed by atoms with Crippen LogP contribution in [0.15, 0.2) is 41.8 Å². The van der Waals surface area contributed by atoms with E-state index in [9.17, 15) is 4.79 Å². The number of para-hydroxylation sites is 1. The van der Waals surface area contributed by atoms with Gasteiger partial charge < -0.3 is 10.1 Å². The Balaban J connectivity index is 1.55. The summed E-state index contributed by atoms with van der Waals surface area (Å²) >= 11 is 3.41. The summed E-state index contributed by atoms with van der Waals surface area (Å²) < 4.78 is 5.38. The number of thiazole rings is 1. The molecule has 0 spiro atoms. The molecule has 0 aliphatic rings. The molecule has 32 heavy (non-hydrogen) atoms. The lowest BCUT2D eigenvalue weighted by atomic mass is 10.1. The van der Waals surface area contributed by atoms with Crippen molar-refractivity contribution in [1.29, 1.82) is 0 Å². The predicted octanol–water partition coefficient (Wildman–Crippen LogP) is 5.54. The van der Waals surface area contributed by atoms with Gasteiger partial charge in [-0.05, 0) is 56.0 Å². The zero-order valence-electron chi connectivity index (χ0n) is 19.4. The highest BCUT2D eigenvalue weighted by Gasteiger charge is 2.15. The van der Waals surface area contributed by atoms with Gasteiger partial charge in [-0.15, -0.1) is 22.7 Å². The van der Waals surface area contributed by atoms with E-state index >= 15 is 0 Å². The molecule has 0 unspecified atom stereocenters. The van der Waals surface area contributed by atoms with Gasteiger partial charge in [0.1, 0.15) is 16.5 Å². The van der Waals surface area contributed by atoms with Gasteiger partial charge in [0, 0.05) is 28.2 Å². The summed E-state index contributed by atoms with van der Waals surface area (Å²) in [6, 6.07) is 12.3. The van der Waals surface area contributed by atoms with Crippen LogP contribution in [0.2, 0.25) is 0 Å². The van der Waals surface area contributed by atoms with Gasteiger partial charge in [0.2, 0.25) is 0 Å². The number of ether oxygens (including phenoxy) is 1. The van der Waals surface area contributed by atoms with Crippen molar-refractivity contribution in [1.82, 2.24) is 15.2 Å². The number of thiophene rings is 1. The molecule has 0 saturated heterocycles. The van der Waals surface area contributed by atoms with E-state index in [1.165, 1.54) is 9.75 Å². The third kappa shape index (κ3) is 7.43. The quantitative estimate of drug-likeness (QED) is 0.377. The number of benzene rings is 1. The summed E-state index contributed by atoms with van der Waals surface area (Å²) in [5.41, 5.74) is 1.58. The molecule has 0 aliphatic carbocycles. The maximum atomic E-state index is 12.6. The van der Waals surface area contributed by atoms with E-state index in [-0.39, 0.29) is 5.91 Å². The van der Waals surface area contributed by atoms with E-state index < -0.39 is 0 Å². The van der Waals surface area contributed by atoms with Crippen molar-refractivity contribution in [3.63, 3.8) is 0 Å². The minimum atomic E-state index is -0.120. The highest BCUT2D eigenvalue weighted by atomic mass is 32.1. The first-order chi connectivity index (χ1) is 15.4. The molecule has 3 rings (SSSR count). The van der Waals surface area contributed by atoms with E-state index in [2.05, 4.69) is 48.1 Å². The summed E-state index contributed by atoms with van der Waals surface area (Å²) in [4.78, 5) is 22.4. The topological polar surface area (TPSA) is 54.5 Å². The fourth-order valence-corrected chi connectivity index (χ4v) is 5.18. The average molecular weight is 472 g/mol. The number of amides is 1. The zero-order valence-corrected chi connectivity index (χ0v) is 21.0. The van der Waals surface area contributed by atoms with Gasteiger partial charge in [0.15, 0.2) is 0 Å². The molecule has 2 heterocycles. The van der Waals surface area contributed by atoms with Gasteiger partial charge in [-0.1, -0.05) is 32.0 Å². The second-order valence-corrected chi connectivity index (χ2v) is 10.7. The first-order valence-electron chi connectivity index (χ1n) is 11.1. The van der Waals surface area contributed by atoms with Crippen molar-refractivity contribution in [2.45, 2.75) is 46.7 Å². The fraction of sp³-hybridized carbons (Fsp3) is 0.440. The Hall–Kier alpha value is -2.22. The molecule has 0 radical (unpaired) electrons. The third-order valence-electron chi connectivity index (χ3n) is 5.21. The monoisotopic (exact) mass is 471 g/mol. The summed E-state index contributed by atoms with van der Waals surface area (Å²) in [6.45, 7) is 9.91. The van der Waals surface area contributed by atoms with E-state index in [1.54, 1.807) is 18.4 Å². The van der Waals surface area contributed by atoms with Gasteiger partial charge >= 0.3 is 0 Å². The standard InChI is InChI=1S/C25H33N3O2S2/c1-18(2)12-14-28(15-21-10-9-19(3)32-21)16-24-27-22(17-31-24)25(29)26-13-11-20-7-5-6-8-23(20)30-4/h5-10,17-18H,11-16H2,1-4H3,(H,26,29). The zero-order chi connectivity index (χ0) is 22.9. The Morgan fingerprint density at radius 1 is 1.19 bits per heavy atom.